The van der Waals surface area contributed by atoms with Crippen molar-refractivity contribution in [1.82, 2.24) is 10.3 Å². The molecule has 2 N–H and O–H groups in total. The molecule has 2 aromatic carbocycles. The van der Waals surface area contributed by atoms with E-state index in [1.165, 1.54) is 24.5 Å². The first-order valence-corrected chi connectivity index (χ1v) is 9.51. The maximum Gasteiger partial charge on any atom is 0.416 e. The molecular weight excluding hydrogens is 407 g/mol. The van der Waals surface area contributed by atoms with Gasteiger partial charge in [0.1, 0.15) is 0 Å². The number of rotatable bonds is 6. The molecule has 2 amide bonds. The second kappa shape index (κ2) is 9.42. The van der Waals surface area contributed by atoms with E-state index < -0.39 is 11.7 Å². The number of nitrogens with zero attached hydrogens (tertiary/aromatic N) is 1. The lowest BCUT2D eigenvalue weighted by Crippen LogP contribution is -2.27. The maximum absolute atomic E-state index is 12.7. The van der Waals surface area contributed by atoms with Gasteiger partial charge in [-0.25, -0.2) is 0 Å². The largest absolute Gasteiger partial charge is 0.416 e. The highest BCUT2D eigenvalue weighted by atomic mass is 19.4. The van der Waals surface area contributed by atoms with Crippen LogP contribution in [0.5, 0.6) is 0 Å². The third-order valence-corrected chi connectivity index (χ3v) is 4.68. The van der Waals surface area contributed by atoms with Crippen LogP contribution in [0.25, 0.3) is 0 Å². The van der Waals surface area contributed by atoms with E-state index in [2.05, 4.69) is 15.6 Å². The smallest absolute Gasteiger partial charge is 0.352 e. The average Bonchev–Trinajstić information content (AvgIpc) is 2.75. The van der Waals surface area contributed by atoms with Gasteiger partial charge in [0.05, 0.1) is 16.8 Å². The quantitative estimate of drug-likeness (QED) is 0.602. The van der Waals surface area contributed by atoms with Crippen molar-refractivity contribution in [1.29, 1.82) is 0 Å². The molecule has 0 saturated carbocycles. The molecule has 0 bridgehead atoms. The number of aryl methyl sites for hydroxylation is 1. The Morgan fingerprint density at radius 2 is 1.61 bits per heavy atom. The van der Waals surface area contributed by atoms with E-state index in [1.54, 1.807) is 37.3 Å². The number of hydrogen-bond acceptors (Lipinski definition) is 3. The number of carbonyl (C=O) groups excluding carboxylic acids is 2. The predicted octanol–water partition coefficient (Wildman–Crippen LogP) is 4.63. The molecule has 0 unspecified atom stereocenters. The van der Waals surface area contributed by atoms with E-state index in [9.17, 15) is 22.8 Å². The van der Waals surface area contributed by atoms with Crippen LogP contribution in [0.2, 0.25) is 0 Å². The fraction of sp³-hybridized carbons (Fsp3) is 0.174. The summed E-state index contributed by atoms with van der Waals surface area (Å²) in [6.07, 6.45) is -1.01. The standard InChI is InChI=1S/C23H20F3N3O2/c1-15-3-2-4-19(20(15)29-21(30)17-10-12-27-13-11-17)22(31)28-14-9-16-5-7-18(8-6-16)23(24,25)26/h2-8,10-13H,9,14H2,1H3,(H,28,31)(H,29,30). The normalized spacial score (nSPS) is 11.1. The summed E-state index contributed by atoms with van der Waals surface area (Å²) >= 11 is 0. The lowest BCUT2D eigenvalue weighted by molar-refractivity contribution is -0.137. The number of amides is 2. The van der Waals surface area contributed by atoms with Crippen LogP contribution in [0.3, 0.4) is 0 Å². The SMILES string of the molecule is Cc1cccc(C(=O)NCCc2ccc(C(F)(F)F)cc2)c1NC(=O)c1ccncc1. The summed E-state index contributed by atoms with van der Waals surface area (Å²) in [5.41, 5.74) is 1.79. The van der Waals surface area contributed by atoms with Crippen LogP contribution in [0, 0.1) is 6.92 Å². The first-order chi connectivity index (χ1) is 14.8. The summed E-state index contributed by atoms with van der Waals surface area (Å²) in [6.45, 7) is 2.01. The van der Waals surface area contributed by atoms with Crippen LogP contribution in [0.15, 0.2) is 67.0 Å². The molecule has 0 spiro atoms. The van der Waals surface area contributed by atoms with Gasteiger partial charge in [-0.1, -0.05) is 24.3 Å². The number of carbonyl (C=O) groups is 2. The number of anilines is 1. The van der Waals surface area contributed by atoms with Crippen LogP contribution < -0.4 is 10.6 Å². The van der Waals surface area contributed by atoms with Gasteiger partial charge in [0.15, 0.2) is 0 Å². The van der Waals surface area contributed by atoms with Gasteiger partial charge in [-0.2, -0.15) is 13.2 Å². The molecule has 1 aromatic heterocycles. The molecule has 160 valence electrons. The zero-order chi connectivity index (χ0) is 22.4. The molecule has 0 radical (unpaired) electrons. The molecule has 3 rings (SSSR count). The molecule has 0 saturated heterocycles. The van der Waals surface area contributed by atoms with Gasteiger partial charge in [-0.3, -0.25) is 14.6 Å². The fourth-order valence-electron chi connectivity index (χ4n) is 2.99. The van der Waals surface area contributed by atoms with Gasteiger partial charge in [0.2, 0.25) is 0 Å². The second-order valence-electron chi connectivity index (χ2n) is 6.89. The Hall–Kier alpha value is -3.68. The van der Waals surface area contributed by atoms with Gasteiger partial charge >= 0.3 is 6.18 Å². The summed E-state index contributed by atoms with van der Waals surface area (Å²) in [6, 6.07) is 13.0. The fourth-order valence-corrected chi connectivity index (χ4v) is 2.99. The van der Waals surface area contributed by atoms with Crippen molar-refractivity contribution >= 4 is 17.5 Å². The Morgan fingerprint density at radius 1 is 0.935 bits per heavy atom. The first kappa shape index (κ1) is 22.0. The maximum atomic E-state index is 12.7. The first-order valence-electron chi connectivity index (χ1n) is 9.51. The summed E-state index contributed by atoms with van der Waals surface area (Å²) < 4.78 is 37.9. The molecule has 0 aliphatic rings. The molecule has 3 aromatic rings. The Balaban J connectivity index is 1.65. The molecule has 0 atom stereocenters. The average molecular weight is 427 g/mol. The molecule has 31 heavy (non-hydrogen) atoms. The van der Waals surface area contributed by atoms with Gasteiger partial charge < -0.3 is 10.6 Å². The van der Waals surface area contributed by atoms with Crippen molar-refractivity contribution < 1.29 is 22.8 Å². The highest BCUT2D eigenvalue weighted by Gasteiger charge is 2.29. The van der Waals surface area contributed by atoms with Crippen LogP contribution >= 0.6 is 0 Å². The lowest BCUT2D eigenvalue weighted by Gasteiger charge is -2.14. The Bertz CT molecular complexity index is 1070. The molecular formula is C23H20F3N3O2. The minimum absolute atomic E-state index is 0.232. The van der Waals surface area contributed by atoms with E-state index in [0.29, 0.717) is 28.8 Å². The molecule has 0 aliphatic carbocycles. The molecule has 8 heteroatoms. The van der Waals surface area contributed by atoms with E-state index in [0.717, 1.165) is 17.7 Å². The number of alkyl halides is 3. The van der Waals surface area contributed by atoms with Crippen molar-refractivity contribution in [3.05, 3.63) is 94.8 Å². The number of halogens is 3. The highest BCUT2D eigenvalue weighted by molar-refractivity contribution is 6.09. The van der Waals surface area contributed by atoms with E-state index in [4.69, 9.17) is 0 Å². The van der Waals surface area contributed by atoms with Crippen molar-refractivity contribution in [3.8, 4) is 0 Å². The van der Waals surface area contributed by atoms with E-state index >= 15 is 0 Å². The van der Waals surface area contributed by atoms with Crippen LogP contribution in [0.1, 0.15) is 37.4 Å². The predicted molar refractivity (Wildman–Crippen MR) is 111 cm³/mol. The van der Waals surface area contributed by atoms with Gasteiger partial charge in [0.25, 0.3) is 11.8 Å². The number of pyridine rings is 1. The topological polar surface area (TPSA) is 71.1 Å². The van der Waals surface area contributed by atoms with Crippen molar-refractivity contribution in [2.45, 2.75) is 19.5 Å². The monoisotopic (exact) mass is 427 g/mol. The van der Waals surface area contributed by atoms with Gasteiger partial charge in [-0.15, -0.1) is 0 Å². The number of hydrogen-bond donors (Lipinski definition) is 2. The number of aromatic nitrogens is 1. The van der Waals surface area contributed by atoms with E-state index in [-0.39, 0.29) is 18.4 Å². The summed E-state index contributed by atoms with van der Waals surface area (Å²) in [5.74, 6) is -0.754. The molecule has 0 aliphatic heterocycles. The van der Waals surface area contributed by atoms with Crippen molar-refractivity contribution in [2.75, 3.05) is 11.9 Å². The van der Waals surface area contributed by atoms with Crippen LogP contribution in [0.4, 0.5) is 18.9 Å². The number of nitrogens with one attached hydrogen (secondary N) is 2. The van der Waals surface area contributed by atoms with Crippen molar-refractivity contribution in [3.63, 3.8) is 0 Å². The molecule has 1 heterocycles. The zero-order valence-electron chi connectivity index (χ0n) is 16.7. The van der Waals surface area contributed by atoms with E-state index in [1.807, 2.05) is 0 Å². The number of benzene rings is 2. The minimum Gasteiger partial charge on any atom is -0.352 e. The third-order valence-electron chi connectivity index (χ3n) is 4.68. The number of para-hydroxylation sites is 1. The molecule has 5 nitrogen and oxygen atoms in total. The Kier molecular flexibility index (Phi) is 6.69. The minimum atomic E-state index is -4.38. The van der Waals surface area contributed by atoms with Crippen molar-refractivity contribution in [2.24, 2.45) is 0 Å². The van der Waals surface area contributed by atoms with Gasteiger partial charge in [-0.05, 0) is 54.8 Å². The summed E-state index contributed by atoms with van der Waals surface area (Å²) in [7, 11) is 0. The third kappa shape index (κ3) is 5.69. The Morgan fingerprint density at radius 3 is 2.26 bits per heavy atom. The highest BCUT2D eigenvalue weighted by Crippen LogP contribution is 2.29. The second-order valence-corrected chi connectivity index (χ2v) is 6.89. The van der Waals surface area contributed by atoms with Crippen LogP contribution in [-0.2, 0) is 12.6 Å². The van der Waals surface area contributed by atoms with Gasteiger partial charge in [0, 0.05) is 24.5 Å². The van der Waals surface area contributed by atoms with Crippen LogP contribution in [-0.4, -0.2) is 23.3 Å². The summed E-state index contributed by atoms with van der Waals surface area (Å²) in [5, 5.41) is 5.52. The Labute approximate surface area is 177 Å². The molecule has 0 fully saturated rings. The lowest BCUT2D eigenvalue weighted by atomic mass is 10.1. The zero-order valence-corrected chi connectivity index (χ0v) is 16.7. The summed E-state index contributed by atoms with van der Waals surface area (Å²) in [4.78, 5) is 29.1.